The van der Waals surface area contributed by atoms with Gasteiger partial charge >= 0.3 is 0 Å². The van der Waals surface area contributed by atoms with Crippen LogP contribution in [0.5, 0.6) is 0 Å². The number of benzene rings is 3. The Morgan fingerprint density at radius 1 is 1.11 bits per heavy atom. The first-order chi connectivity index (χ1) is 18.4. The van der Waals surface area contributed by atoms with E-state index in [0.717, 1.165) is 22.0 Å². The summed E-state index contributed by atoms with van der Waals surface area (Å²) in [4.78, 5) is 13.1. The molecule has 10 heteroatoms. The van der Waals surface area contributed by atoms with Gasteiger partial charge in [-0.1, -0.05) is 48.0 Å². The van der Waals surface area contributed by atoms with Crippen LogP contribution in [0.4, 0.5) is 0 Å². The van der Waals surface area contributed by atoms with Gasteiger partial charge in [0, 0.05) is 40.8 Å². The molecular weight excluding hydrogens is 522 g/mol. The van der Waals surface area contributed by atoms with Gasteiger partial charge in [0.05, 0.1) is 22.7 Å². The van der Waals surface area contributed by atoms with Crippen molar-refractivity contribution < 1.29 is 13.2 Å². The molecule has 0 unspecified atom stereocenters. The summed E-state index contributed by atoms with van der Waals surface area (Å²) in [6, 6.07) is 22.5. The number of carbonyl (C=O) groups excluding carboxylic acids is 1. The molecule has 1 aliphatic rings. The van der Waals surface area contributed by atoms with Crippen molar-refractivity contribution in [2.75, 3.05) is 6.54 Å². The van der Waals surface area contributed by atoms with E-state index in [4.69, 9.17) is 11.6 Å². The molecule has 1 aliphatic heterocycles. The van der Waals surface area contributed by atoms with Crippen molar-refractivity contribution in [3.05, 3.63) is 101 Å². The molecular formula is C28H24ClN5O3S. The average Bonchev–Trinajstić information content (AvgIpc) is 3.56. The summed E-state index contributed by atoms with van der Waals surface area (Å²) >= 11 is 5.90. The number of amides is 1. The van der Waals surface area contributed by atoms with Gasteiger partial charge in [-0.15, -0.1) is 0 Å². The first-order valence-corrected chi connectivity index (χ1v) is 13.9. The monoisotopic (exact) mass is 545 g/mol. The number of halogens is 1. The van der Waals surface area contributed by atoms with E-state index in [0.29, 0.717) is 30.0 Å². The van der Waals surface area contributed by atoms with Crippen molar-refractivity contribution in [1.29, 1.82) is 5.26 Å². The summed E-state index contributed by atoms with van der Waals surface area (Å²) in [6.45, 7) is 0.758. The lowest BCUT2D eigenvalue weighted by atomic mass is 10.1. The fourth-order valence-electron chi connectivity index (χ4n) is 4.73. The number of aromatic nitrogens is 1. The molecule has 1 atom stereocenters. The van der Waals surface area contributed by atoms with Crippen molar-refractivity contribution in [3.8, 4) is 6.07 Å². The second-order valence-corrected chi connectivity index (χ2v) is 11.3. The number of fused-ring (bicyclic) bond motifs is 1. The minimum Gasteiger partial charge on any atom is -0.342 e. The van der Waals surface area contributed by atoms with Crippen LogP contribution in [0, 0.1) is 11.3 Å². The number of para-hydroxylation sites is 1. The van der Waals surface area contributed by atoms with Crippen LogP contribution in [0.25, 0.3) is 10.9 Å². The molecule has 1 N–H and O–H groups in total. The largest absolute Gasteiger partial charge is 0.342 e. The Morgan fingerprint density at radius 2 is 1.84 bits per heavy atom. The summed E-state index contributed by atoms with van der Waals surface area (Å²) in [5, 5.41) is 15.0. The standard InChI is InChI=1S/C28H24ClN5O3S/c29-23-11-13-24(14-12-23)38(36,37)34-15-5-10-27(34)28(35)32-31-17-22-19-33(26-9-4-3-8-25(22)26)18-21-7-2-1-6-20(21)16-30/h1-4,6-9,11-14,17,19,27H,5,10,15,18H2,(H,32,35)/b31-17-/t27-/m0/s1. The van der Waals surface area contributed by atoms with Gasteiger partial charge in [-0.25, -0.2) is 13.8 Å². The number of rotatable bonds is 7. The summed E-state index contributed by atoms with van der Waals surface area (Å²) in [5.41, 5.74) is 5.79. The van der Waals surface area contributed by atoms with E-state index < -0.39 is 22.0 Å². The van der Waals surface area contributed by atoms with E-state index in [-0.39, 0.29) is 11.4 Å². The van der Waals surface area contributed by atoms with Gasteiger partial charge in [-0.05, 0) is 54.8 Å². The molecule has 192 valence electrons. The molecule has 0 saturated carbocycles. The molecule has 38 heavy (non-hydrogen) atoms. The second kappa shape index (κ2) is 10.8. The Labute approximate surface area is 225 Å². The predicted octanol–water partition coefficient (Wildman–Crippen LogP) is 4.52. The van der Waals surface area contributed by atoms with Gasteiger partial charge in [0.25, 0.3) is 5.91 Å². The van der Waals surface area contributed by atoms with Crippen LogP contribution in [0.2, 0.25) is 5.02 Å². The Bertz CT molecular complexity index is 1670. The molecule has 0 radical (unpaired) electrons. The van der Waals surface area contributed by atoms with Gasteiger partial charge in [0.1, 0.15) is 6.04 Å². The Balaban J connectivity index is 1.34. The molecule has 0 spiro atoms. The van der Waals surface area contributed by atoms with Gasteiger partial charge in [0.2, 0.25) is 10.0 Å². The SMILES string of the molecule is N#Cc1ccccc1Cn1cc(/C=N\NC(=O)[C@@H]2CCCN2S(=O)(=O)c2ccc(Cl)cc2)c2ccccc21. The van der Waals surface area contributed by atoms with Gasteiger partial charge in [0.15, 0.2) is 0 Å². The zero-order valence-corrected chi connectivity index (χ0v) is 21.9. The highest BCUT2D eigenvalue weighted by atomic mass is 35.5. The van der Waals surface area contributed by atoms with Gasteiger partial charge < -0.3 is 4.57 Å². The van der Waals surface area contributed by atoms with Crippen molar-refractivity contribution in [1.82, 2.24) is 14.3 Å². The molecule has 8 nitrogen and oxygen atoms in total. The quantitative estimate of drug-likeness (QED) is 0.272. The summed E-state index contributed by atoms with van der Waals surface area (Å²) in [5.74, 6) is -0.483. The van der Waals surface area contributed by atoms with Crippen molar-refractivity contribution in [2.24, 2.45) is 5.10 Å². The third-order valence-corrected chi connectivity index (χ3v) is 8.78. The molecule has 1 fully saturated rings. The normalized spacial score (nSPS) is 16.2. The number of hydrogen-bond donors (Lipinski definition) is 1. The van der Waals surface area contributed by atoms with Crippen LogP contribution in [0.1, 0.15) is 29.5 Å². The molecule has 0 aliphatic carbocycles. The van der Waals surface area contributed by atoms with Crippen LogP contribution in [0.15, 0.2) is 89.0 Å². The Morgan fingerprint density at radius 3 is 2.63 bits per heavy atom. The zero-order valence-electron chi connectivity index (χ0n) is 20.3. The third-order valence-electron chi connectivity index (χ3n) is 6.60. The van der Waals surface area contributed by atoms with Crippen LogP contribution in [0.3, 0.4) is 0 Å². The van der Waals surface area contributed by atoms with E-state index in [1.807, 2.05) is 53.2 Å². The smallest absolute Gasteiger partial charge is 0.258 e. The van der Waals surface area contributed by atoms with Crippen molar-refractivity contribution in [2.45, 2.75) is 30.3 Å². The summed E-state index contributed by atoms with van der Waals surface area (Å²) in [7, 11) is -3.85. The fraction of sp³-hybridized carbons (Fsp3) is 0.179. The van der Waals surface area contributed by atoms with Crippen LogP contribution in [-0.4, -0.2) is 42.0 Å². The molecule has 1 aromatic heterocycles. The Kier molecular flexibility index (Phi) is 7.29. The lowest BCUT2D eigenvalue weighted by molar-refractivity contribution is -0.124. The average molecular weight is 546 g/mol. The van der Waals surface area contributed by atoms with Crippen LogP contribution in [-0.2, 0) is 21.4 Å². The number of nitrogens with one attached hydrogen (secondary N) is 1. The topological polar surface area (TPSA) is 108 Å². The number of hydrogen-bond acceptors (Lipinski definition) is 5. The first kappa shape index (κ1) is 25.7. The molecule has 4 aromatic rings. The van der Waals surface area contributed by atoms with E-state index in [9.17, 15) is 18.5 Å². The number of hydrazone groups is 1. The lowest BCUT2D eigenvalue weighted by Gasteiger charge is -2.22. The van der Waals surface area contributed by atoms with Gasteiger partial charge in [-0.3, -0.25) is 4.79 Å². The maximum absolute atomic E-state index is 13.1. The van der Waals surface area contributed by atoms with E-state index >= 15 is 0 Å². The summed E-state index contributed by atoms with van der Waals surface area (Å²) < 4.78 is 29.5. The Hall–Kier alpha value is -3.97. The number of nitrogens with zero attached hydrogens (tertiary/aromatic N) is 4. The highest BCUT2D eigenvalue weighted by Crippen LogP contribution is 2.27. The second-order valence-electron chi connectivity index (χ2n) is 8.96. The van der Waals surface area contributed by atoms with E-state index in [1.165, 1.54) is 28.6 Å². The van der Waals surface area contributed by atoms with E-state index in [1.54, 1.807) is 12.3 Å². The van der Waals surface area contributed by atoms with Crippen molar-refractivity contribution in [3.63, 3.8) is 0 Å². The molecule has 1 amide bonds. The van der Waals surface area contributed by atoms with Crippen LogP contribution < -0.4 is 5.43 Å². The number of sulfonamides is 1. The molecule has 1 saturated heterocycles. The van der Waals surface area contributed by atoms with Crippen LogP contribution >= 0.6 is 11.6 Å². The lowest BCUT2D eigenvalue weighted by Crippen LogP contribution is -2.44. The maximum atomic E-state index is 13.1. The minimum absolute atomic E-state index is 0.0934. The predicted molar refractivity (Wildman–Crippen MR) is 146 cm³/mol. The highest BCUT2D eigenvalue weighted by molar-refractivity contribution is 7.89. The molecule has 5 rings (SSSR count). The maximum Gasteiger partial charge on any atom is 0.258 e. The minimum atomic E-state index is -3.85. The summed E-state index contributed by atoms with van der Waals surface area (Å²) in [6.07, 6.45) is 4.46. The molecule has 2 heterocycles. The fourth-order valence-corrected chi connectivity index (χ4v) is 6.51. The molecule has 3 aromatic carbocycles. The third kappa shape index (κ3) is 5.07. The van der Waals surface area contributed by atoms with Crippen molar-refractivity contribution >= 4 is 44.6 Å². The van der Waals surface area contributed by atoms with Gasteiger partial charge in [-0.2, -0.15) is 14.7 Å². The highest BCUT2D eigenvalue weighted by Gasteiger charge is 2.39. The molecule has 0 bridgehead atoms. The zero-order chi connectivity index (χ0) is 26.7. The number of nitriles is 1. The number of carbonyl (C=O) groups is 1. The first-order valence-electron chi connectivity index (χ1n) is 12.0. The van der Waals surface area contributed by atoms with E-state index in [2.05, 4.69) is 16.6 Å².